The summed E-state index contributed by atoms with van der Waals surface area (Å²) in [6.45, 7) is 4.69. The molecule has 0 saturated carbocycles. The summed E-state index contributed by atoms with van der Waals surface area (Å²) in [5, 5.41) is 7.68. The smallest absolute Gasteiger partial charge is 0.127 e. The van der Waals surface area contributed by atoms with E-state index in [9.17, 15) is 0 Å². The number of nitrogens with one attached hydrogen (secondary N) is 1. The van der Waals surface area contributed by atoms with E-state index in [0.717, 1.165) is 37.4 Å². The van der Waals surface area contributed by atoms with Crippen LogP contribution in [0.2, 0.25) is 0 Å². The molecule has 1 N–H and O–H groups in total. The summed E-state index contributed by atoms with van der Waals surface area (Å²) in [5.41, 5.74) is 2.50. The van der Waals surface area contributed by atoms with E-state index in [1.165, 1.54) is 11.1 Å². The molecule has 2 aromatic rings. The molecule has 21 heavy (non-hydrogen) atoms. The molecule has 4 heteroatoms. The highest BCUT2D eigenvalue weighted by atomic mass is 32.1. The fourth-order valence-corrected chi connectivity index (χ4v) is 2.76. The molecule has 0 spiro atoms. The topological polar surface area (TPSA) is 30.5 Å². The fourth-order valence-electron chi connectivity index (χ4n) is 2.06. The highest BCUT2D eigenvalue weighted by molar-refractivity contribution is 7.07. The van der Waals surface area contributed by atoms with Crippen molar-refractivity contribution < 1.29 is 9.47 Å². The summed E-state index contributed by atoms with van der Waals surface area (Å²) >= 11 is 1.72. The van der Waals surface area contributed by atoms with Crippen LogP contribution in [-0.2, 0) is 13.0 Å². The van der Waals surface area contributed by atoms with Crippen LogP contribution >= 0.6 is 11.3 Å². The summed E-state index contributed by atoms with van der Waals surface area (Å²) in [7, 11) is 1.68. The predicted molar refractivity (Wildman–Crippen MR) is 88.5 cm³/mol. The Morgan fingerprint density at radius 1 is 1.24 bits per heavy atom. The number of ether oxygens (including phenoxy) is 2. The molecule has 0 atom stereocenters. The van der Waals surface area contributed by atoms with Crippen LogP contribution < -0.4 is 14.8 Å². The number of hydrogen-bond donors (Lipinski definition) is 1. The summed E-state index contributed by atoms with van der Waals surface area (Å²) in [6, 6.07) is 8.16. The number of hydrogen-bond acceptors (Lipinski definition) is 4. The maximum Gasteiger partial charge on any atom is 0.127 e. The number of rotatable bonds is 9. The van der Waals surface area contributed by atoms with Crippen LogP contribution in [0.15, 0.2) is 35.0 Å². The Morgan fingerprint density at radius 3 is 2.86 bits per heavy atom. The monoisotopic (exact) mass is 305 g/mol. The molecule has 0 fully saturated rings. The van der Waals surface area contributed by atoms with Crippen LogP contribution in [0.1, 0.15) is 24.5 Å². The zero-order valence-electron chi connectivity index (χ0n) is 12.7. The van der Waals surface area contributed by atoms with Crippen molar-refractivity contribution in [1.82, 2.24) is 5.32 Å². The van der Waals surface area contributed by atoms with Gasteiger partial charge in [-0.3, -0.25) is 0 Å². The molecule has 0 aliphatic rings. The Morgan fingerprint density at radius 2 is 2.14 bits per heavy atom. The SMILES string of the molecule is CCCNCc1ccc(OC)cc1OCCc1ccsc1. The van der Waals surface area contributed by atoms with Crippen molar-refractivity contribution in [3.8, 4) is 11.5 Å². The summed E-state index contributed by atoms with van der Waals surface area (Å²) in [6.07, 6.45) is 2.06. The number of thiophene rings is 1. The van der Waals surface area contributed by atoms with Gasteiger partial charge in [0.1, 0.15) is 11.5 Å². The highest BCUT2D eigenvalue weighted by Gasteiger charge is 2.06. The number of benzene rings is 1. The first-order valence-electron chi connectivity index (χ1n) is 7.35. The average Bonchev–Trinajstić information content (AvgIpc) is 3.02. The second-order valence-corrected chi connectivity index (χ2v) is 5.66. The zero-order chi connectivity index (χ0) is 14.9. The van der Waals surface area contributed by atoms with Crippen LogP contribution in [0.3, 0.4) is 0 Å². The van der Waals surface area contributed by atoms with Gasteiger partial charge in [-0.1, -0.05) is 13.0 Å². The van der Waals surface area contributed by atoms with Gasteiger partial charge in [0, 0.05) is 24.6 Å². The normalized spacial score (nSPS) is 10.6. The first-order valence-corrected chi connectivity index (χ1v) is 8.29. The largest absolute Gasteiger partial charge is 0.497 e. The number of methoxy groups -OCH3 is 1. The third kappa shape index (κ3) is 5.06. The zero-order valence-corrected chi connectivity index (χ0v) is 13.5. The average molecular weight is 305 g/mol. The third-order valence-electron chi connectivity index (χ3n) is 3.24. The summed E-state index contributed by atoms with van der Waals surface area (Å²) in [5.74, 6) is 1.74. The first kappa shape index (κ1) is 15.9. The van der Waals surface area contributed by atoms with Crippen molar-refractivity contribution in [2.45, 2.75) is 26.3 Å². The maximum absolute atomic E-state index is 5.97. The molecule has 1 aromatic carbocycles. The summed E-state index contributed by atoms with van der Waals surface area (Å²) < 4.78 is 11.3. The molecule has 0 radical (unpaired) electrons. The van der Waals surface area contributed by atoms with Gasteiger partial charge in [-0.2, -0.15) is 11.3 Å². The van der Waals surface area contributed by atoms with Crippen molar-refractivity contribution in [1.29, 1.82) is 0 Å². The fraction of sp³-hybridized carbons (Fsp3) is 0.412. The lowest BCUT2D eigenvalue weighted by Gasteiger charge is -2.13. The molecule has 0 unspecified atom stereocenters. The Kier molecular flexibility index (Phi) is 6.57. The van der Waals surface area contributed by atoms with E-state index in [2.05, 4.69) is 35.1 Å². The van der Waals surface area contributed by atoms with E-state index in [1.807, 2.05) is 12.1 Å². The van der Waals surface area contributed by atoms with E-state index in [4.69, 9.17) is 9.47 Å². The van der Waals surface area contributed by atoms with Crippen molar-refractivity contribution >= 4 is 11.3 Å². The van der Waals surface area contributed by atoms with Gasteiger partial charge < -0.3 is 14.8 Å². The predicted octanol–water partition coefficient (Wildman–Crippen LogP) is 3.88. The summed E-state index contributed by atoms with van der Waals surface area (Å²) in [4.78, 5) is 0. The quantitative estimate of drug-likeness (QED) is 0.713. The molecule has 114 valence electrons. The van der Waals surface area contributed by atoms with E-state index in [1.54, 1.807) is 18.4 Å². The molecule has 3 nitrogen and oxygen atoms in total. The minimum atomic E-state index is 0.685. The Labute approximate surface area is 130 Å². The molecular formula is C17H23NO2S. The molecule has 0 aliphatic carbocycles. The second kappa shape index (κ2) is 8.70. The van der Waals surface area contributed by atoms with Crippen molar-refractivity contribution in [3.63, 3.8) is 0 Å². The van der Waals surface area contributed by atoms with Crippen LogP contribution in [0.4, 0.5) is 0 Å². The van der Waals surface area contributed by atoms with Gasteiger partial charge in [0.25, 0.3) is 0 Å². The van der Waals surface area contributed by atoms with Crippen LogP contribution in [0.5, 0.6) is 11.5 Å². The molecular weight excluding hydrogens is 282 g/mol. The van der Waals surface area contributed by atoms with E-state index in [0.29, 0.717) is 6.61 Å². The van der Waals surface area contributed by atoms with Crippen molar-refractivity contribution in [2.75, 3.05) is 20.3 Å². The van der Waals surface area contributed by atoms with E-state index >= 15 is 0 Å². The lowest BCUT2D eigenvalue weighted by atomic mass is 10.2. The minimum Gasteiger partial charge on any atom is -0.497 e. The Bertz CT molecular complexity index is 526. The van der Waals surface area contributed by atoms with Crippen molar-refractivity contribution in [2.24, 2.45) is 0 Å². The van der Waals surface area contributed by atoms with Crippen LogP contribution in [0, 0.1) is 0 Å². The lowest BCUT2D eigenvalue weighted by molar-refractivity contribution is 0.315. The molecule has 1 aromatic heterocycles. The van der Waals surface area contributed by atoms with E-state index in [-0.39, 0.29) is 0 Å². The van der Waals surface area contributed by atoms with Gasteiger partial charge >= 0.3 is 0 Å². The molecule has 0 aliphatic heterocycles. The first-order chi connectivity index (χ1) is 10.3. The molecule has 0 amide bonds. The highest BCUT2D eigenvalue weighted by Crippen LogP contribution is 2.25. The van der Waals surface area contributed by atoms with Gasteiger partial charge in [0.2, 0.25) is 0 Å². The molecule has 0 saturated heterocycles. The Balaban J connectivity index is 1.96. The molecule has 0 bridgehead atoms. The van der Waals surface area contributed by atoms with Gasteiger partial charge in [0.05, 0.1) is 13.7 Å². The second-order valence-electron chi connectivity index (χ2n) is 4.88. The van der Waals surface area contributed by atoms with Crippen molar-refractivity contribution in [3.05, 3.63) is 46.2 Å². The van der Waals surface area contributed by atoms with Crippen LogP contribution in [0.25, 0.3) is 0 Å². The maximum atomic E-state index is 5.97. The van der Waals surface area contributed by atoms with Crippen LogP contribution in [-0.4, -0.2) is 20.3 Å². The van der Waals surface area contributed by atoms with Gasteiger partial charge in [-0.15, -0.1) is 0 Å². The van der Waals surface area contributed by atoms with Gasteiger partial charge in [-0.25, -0.2) is 0 Å². The van der Waals surface area contributed by atoms with Gasteiger partial charge in [0.15, 0.2) is 0 Å². The Hall–Kier alpha value is -1.52. The van der Waals surface area contributed by atoms with Gasteiger partial charge in [-0.05, 0) is 41.4 Å². The lowest BCUT2D eigenvalue weighted by Crippen LogP contribution is -2.15. The molecule has 1 heterocycles. The van der Waals surface area contributed by atoms with E-state index < -0.39 is 0 Å². The third-order valence-corrected chi connectivity index (χ3v) is 3.98. The molecule has 2 rings (SSSR count). The minimum absolute atomic E-state index is 0.685. The standard InChI is InChI=1S/C17H23NO2S/c1-3-8-18-12-15-4-5-16(19-2)11-17(15)20-9-6-14-7-10-21-13-14/h4-5,7,10-11,13,18H,3,6,8-9,12H2,1-2H3.